The minimum Gasteiger partial charge on any atom is -1.00 e. The van der Waals surface area contributed by atoms with Gasteiger partial charge in [0.05, 0.1) is 0 Å². The molecule has 0 rings (SSSR count). The molecule has 0 aromatic heterocycles. The van der Waals surface area contributed by atoms with Gasteiger partial charge < -0.3 is 2.85 Å². The molecule has 4 heteroatoms. The molecule has 0 spiro atoms. The first-order valence-corrected chi connectivity index (χ1v) is 4.68. The number of hydrogen-bond acceptors (Lipinski definition) is 0. The van der Waals surface area contributed by atoms with Crippen LogP contribution in [0.4, 0.5) is 0 Å². The zero-order valence-electron chi connectivity index (χ0n) is 3.96. The van der Waals surface area contributed by atoms with Crippen molar-refractivity contribution < 1.29 is 19.9 Å². The minimum atomic E-state index is -0.556. The van der Waals surface area contributed by atoms with Gasteiger partial charge in [0, 0.05) is 0 Å². The van der Waals surface area contributed by atoms with Gasteiger partial charge >= 0.3 is 73.4 Å². The summed E-state index contributed by atoms with van der Waals surface area (Å²) in [6.07, 6.45) is 0. The van der Waals surface area contributed by atoms with E-state index in [0.717, 1.165) is 0 Å². The molecule has 0 aromatic carbocycles. The van der Waals surface area contributed by atoms with Crippen LogP contribution >= 0.6 is 18.6 Å². The predicted molar refractivity (Wildman–Crippen MR) is 19.7 cm³/mol. The summed E-state index contributed by atoms with van der Waals surface area (Å²) in [5.41, 5.74) is 0. The Bertz CT molecular complexity index is 11.5. The van der Waals surface area contributed by atoms with E-state index in [1.165, 1.54) is 0 Å². The molecule has 0 atom stereocenters. The van der Waals surface area contributed by atoms with Crippen LogP contribution in [-0.4, -0.2) is 37.7 Å². The van der Waals surface area contributed by atoms with E-state index in [0.29, 0.717) is 0 Å². The molecule has 0 unspecified atom stereocenters. The van der Waals surface area contributed by atoms with Crippen LogP contribution < -0.4 is 0 Å². The normalized spacial score (nSPS) is 3.50. The first-order valence-electron chi connectivity index (χ1n) is 0.378. The van der Waals surface area contributed by atoms with Crippen LogP contribution in [0.25, 0.3) is 0 Å². The van der Waals surface area contributed by atoms with E-state index >= 15 is 0 Å². The topological polar surface area (TPSA) is 0 Å². The van der Waals surface area contributed by atoms with Crippen LogP contribution in [0.15, 0.2) is 0 Å². The predicted octanol–water partition coefficient (Wildman–Crippen LogP) is 1.22. The number of halogens is 2. The second-order valence-corrected chi connectivity index (χ2v) is 2.65. The SMILES string of the molecule is [Ca+2].[Cl][Ti][Cl].[H-].[H-]. The third-order valence-corrected chi connectivity index (χ3v) is 0. The molecule has 4 heavy (non-hydrogen) atoms. The third-order valence-electron chi connectivity index (χ3n) is 0. The molecular formula is H2CaCl2Ti. The molecular weight excluding hydrogens is 159 g/mol. The van der Waals surface area contributed by atoms with Crippen molar-refractivity contribution in [2.75, 3.05) is 0 Å². The molecule has 0 radical (unpaired) electrons. The summed E-state index contributed by atoms with van der Waals surface area (Å²) in [5, 5.41) is 0. The molecule has 0 N–H and O–H groups in total. The van der Waals surface area contributed by atoms with Gasteiger partial charge in [0.2, 0.25) is 0 Å². The molecule has 22 valence electrons. The van der Waals surface area contributed by atoms with Crippen molar-refractivity contribution in [1.29, 1.82) is 0 Å². The molecule has 0 aliphatic rings. The van der Waals surface area contributed by atoms with Gasteiger partial charge in [0.25, 0.3) is 0 Å². The summed E-state index contributed by atoms with van der Waals surface area (Å²) in [6, 6.07) is 0. The molecule has 0 aliphatic carbocycles. The maximum absolute atomic E-state index is 4.89. The Hall–Kier alpha value is 2.55. The maximum Gasteiger partial charge on any atom is -1.00 e. The van der Waals surface area contributed by atoms with Crippen LogP contribution in [0.3, 0.4) is 0 Å². The van der Waals surface area contributed by atoms with Crippen molar-refractivity contribution in [3.63, 3.8) is 0 Å². The van der Waals surface area contributed by atoms with Crippen molar-refractivity contribution in [1.82, 2.24) is 0 Å². The largest absolute Gasteiger partial charge is 1.00 e. The first-order chi connectivity index (χ1) is 1.41. The Balaban J connectivity index is -0.00000000667. The summed E-state index contributed by atoms with van der Waals surface area (Å²) < 4.78 is 0. The Labute approximate surface area is 74.9 Å². The Morgan fingerprint density at radius 2 is 1.50 bits per heavy atom. The fraction of sp³-hybridized carbons (Fsp3) is 0. The summed E-state index contributed by atoms with van der Waals surface area (Å²) in [6.45, 7) is 0. The molecule has 0 saturated carbocycles. The van der Waals surface area contributed by atoms with E-state index in [1.54, 1.807) is 0 Å². The van der Waals surface area contributed by atoms with Gasteiger partial charge in [-0.25, -0.2) is 0 Å². The van der Waals surface area contributed by atoms with Crippen molar-refractivity contribution in [2.24, 2.45) is 0 Å². The molecule has 0 nitrogen and oxygen atoms in total. The molecule has 0 amide bonds. The molecule has 0 heterocycles. The summed E-state index contributed by atoms with van der Waals surface area (Å²) in [5.74, 6) is 0. The van der Waals surface area contributed by atoms with Gasteiger partial charge in [0.15, 0.2) is 0 Å². The molecule has 0 saturated heterocycles. The average Bonchev–Trinajstić information content (AvgIpc) is 0.918. The van der Waals surface area contributed by atoms with Gasteiger partial charge in [-0.3, -0.25) is 0 Å². The van der Waals surface area contributed by atoms with Gasteiger partial charge in [-0.1, -0.05) is 0 Å². The van der Waals surface area contributed by atoms with Crippen LogP contribution in [0, 0.1) is 0 Å². The van der Waals surface area contributed by atoms with Crippen LogP contribution in [0.5, 0.6) is 0 Å². The van der Waals surface area contributed by atoms with E-state index in [-0.39, 0.29) is 40.6 Å². The standard InChI is InChI=1S/Ca.2ClH.Ti.2H/h;2*1H;;;/q+2;;;+2;2*-1/p-2. The van der Waals surface area contributed by atoms with Gasteiger partial charge in [-0.2, -0.15) is 0 Å². The van der Waals surface area contributed by atoms with Crippen molar-refractivity contribution in [3.05, 3.63) is 0 Å². The van der Waals surface area contributed by atoms with Crippen molar-refractivity contribution in [3.8, 4) is 0 Å². The monoisotopic (exact) mass is 160 g/mol. The van der Waals surface area contributed by atoms with Crippen LogP contribution in [-0.2, 0) is 17.0 Å². The van der Waals surface area contributed by atoms with Gasteiger partial charge in [-0.05, 0) is 0 Å². The molecule has 0 aliphatic heterocycles. The number of rotatable bonds is 0. The first kappa shape index (κ1) is 9.75. The van der Waals surface area contributed by atoms with Crippen molar-refractivity contribution >= 4 is 56.3 Å². The quantitative estimate of drug-likeness (QED) is 0.468. The maximum atomic E-state index is 4.89. The summed E-state index contributed by atoms with van der Waals surface area (Å²) in [7, 11) is 9.78. The van der Waals surface area contributed by atoms with Gasteiger partial charge in [-0.15, -0.1) is 0 Å². The Kier molecular flexibility index (Phi) is 22.2. The van der Waals surface area contributed by atoms with E-state index in [2.05, 4.69) is 0 Å². The fourth-order valence-corrected chi connectivity index (χ4v) is 0. The second kappa shape index (κ2) is 9.12. The smallest absolute Gasteiger partial charge is 1.00 e. The minimum absolute atomic E-state index is 0. The van der Waals surface area contributed by atoms with E-state index in [1.807, 2.05) is 0 Å². The van der Waals surface area contributed by atoms with Crippen LogP contribution in [0.1, 0.15) is 2.85 Å². The average molecular weight is 161 g/mol. The second-order valence-electron chi connectivity index (χ2n) is 0.0714. The van der Waals surface area contributed by atoms with E-state index in [9.17, 15) is 0 Å². The zero-order valence-corrected chi connectivity index (χ0v) is 7.24. The van der Waals surface area contributed by atoms with Crippen LogP contribution in [0.2, 0.25) is 0 Å². The molecule has 0 aromatic rings. The third kappa shape index (κ3) is 8.82. The molecule has 0 bridgehead atoms. The van der Waals surface area contributed by atoms with Gasteiger partial charge in [0.1, 0.15) is 0 Å². The zero-order chi connectivity index (χ0) is 2.71. The number of hydrogen-bond donors (Lipinski definition) is 0. The summed E-state index contributed by atoms with van der Waals surface area (Å²) >= 11 is -0.556. The molecule has 0 fully saturated rings. The van der Waals surface area contributed by atoms with E-state index < -0.39 is 17.0 Å². The Morgan fingerprint density at radius 1 is 1.50 bits per heavy atom. The van der Waals surface area contributed by atoms with E-state index in [4.69, 9.17) is 18.6 Å². The fourth-order valence-electron chi connectivity index (χ4n) is 0. The Morgan fingerprint density at radius 3 is 1.50 bits per heavy atom. The van der Waals surface area contributed by atoms with Crippen molar-refractivity contribution in [2.45, 2.75) is 0 Å². The summed E-state index contributed by atoms with van der Waals surface area (Å²) in [4.78, 5) is 0.